The molecule has 2 rings (SSSR count). The fraction of sp³-hybridized carbons (Fsp3) is 0. The van der Waals surface area contributed by atoms with Gasteiger partial charge in [-0.1, -0.05) is 11.6 Å². The van der Waals surface area contributed by atoms with Gasteiger partial charge in [0.2, 0.25) is 5.88 Å². The number of hydrogen-bond donors (Lipinski definition) is 2. The van der Waals surface area contributed by atoms with E-state index in [1.165, 1.54) is 24.4 Å². The summed E-state index contributed by atoms with van der Waals surface area (Å²) in [6.45, 7) is 0. The van der Waals surface area contributed by atoms with Crippen LogP contribution in [0.5, 0.6) is 11.6 Å². The number of rotatable bonds is 3. The Morgan fingerprint density at radius 2 is 2.11 bits per heavy atom. The van der Waals surface area contributed by atoms with Gasteiger partial charge in [0, 0.05) is 17.8 Å². The lowest BCUT2D eigenvalue weighted by atomic mass is 10.2. The second-order valence-electron chi connectivity index (χ2n) is 3.47. The standard InChI is InChI=1S/C12H9ClFN3O/c13-9-6-8(14)1-2-10(9)18-11-5-7(12(15)16)3-4-17-11/h1-6H,(H3,15,16). The molecular weight excluding hydrogens is 257 g/mol. The minimum atomic E-state index is -0.446. The summed E-state index contributed by atoms with van der Waals surface area (Å²) in [6.07, 6.45) is 1.46. The van der Waals surface area contributed by atoms with Crippen LogP contribution in [-0.4, -0.2) is 10.8 Å². The average Bonchev–Trinajstić information content (AvgIpc) is 2.33. The molecule has 0 aliphatic heterocycles. The van der Waals surface area contributed by atoms with E-state index in [-0.39, 0.29) is 22.5 Å². The Morgan fingerprint density at radius 1 is 1.33 bits per heavy atom. The summed E-state index contributed by atoms with van der Waals surface area (Å²) in [5.41, 5.74) is 5.83. The van der Waals surface area contributed by atoms with Gasteiger partial charge in [-0.3, -0.25) is 5.41 Å². The molecule has 1 aromatic heterocycles. The van der Waals surface area contributed by atoms with Crippen LogP contribution >= 0.6 is 11.6 Å². The average molecular weight is 266 g/mol. The summed E-state index contributed by atoms with van der Waals surface area (Å²) in [4.78, 5) is 3.95. The lowest BCUT2D eigenvalue weighted by Crippen LogP contribution is -2.11. The van der Waals surface area contributed by atoms with E-state index in [1.54, 1.807) is 6.07 Å². The number of ether oxygens (including phenoxy) is 1. The number of nitrogens with one attached hydrogen (secondary N) is 1. The molecule has 0 fully saturated rings. The Kier molecular flexibility index (Phi) is 3.43. The van der Waals surface area contributed by atoms with Crippen molar-refractivity contribution < 1.29 is 9.13 Å². The molecule has 1 heterocycles. The highest BCUT2D eigenvalue weighted by atomic mass is 35.5. The Hall–Kier alpha value is -2.14. The lowest BCUT2D eigenvalue weighted by Gasteiger charge is -2.07. The van der Waals surface area contributed by atoms with E-state index < -0.39 is 5.82 Å². The van der Waals surface area contributed by atoms with E-state index in [2.05, 4.69) is 4.98 Å². The van der Waals surface area contributed by atoms with Crippen LogP contribution in [0.1, 0.15) is 5.56 Å². The first kappa shape index (κ1) is 12.3. The van der Waals surface area contributed by atoms with Gasteiger partial charge in [-0.2, -0.15) is 0 Å². The van der Waals surface area contributed by atoms with Crippen molar-refractivity contribution in [2.75, 3.05) is 0 Å². The van der Waals surface area contributed by atoms with Crippen molar-refractivity contribution in [3.05, 3.63) is 52.9 Å². The van der Waals surface area contributed by atoms with Crippen LogP contribution in [0, 0.1) is 11.2 Å². The van der Waals surface area contributed by atoms with E-state index in [0.29, 0.717) is 5.56 Å². The Bertz CT molecular complexity index is 604. The molecule has 0 atom stereocenters. The van der Waals surface area contributed by atoms with Crippen LogP contribution in [0.25, 0.3) is 0 Å². The first-order chi connectivity index (χ1) is 8.56. The predicted octanol–water partition coefficient (Wildman–Crippen LogP) is 2.95. The van der Waals surface area contributed by atoms with E-state index in [9.17, 15) is 4.39 Å². The third-order valence-corrected chi connectivity index (χ3v) is 2.45. The van der Waals surface area contributed by atoms with Crippen LogP contribution in [0.15, 0.2) is 36.5 Å². The van der Waals surface area contributed by atoms with Crippen molar-refractivity contribution in [1.82, 2.24) is 4.98 Å². The van der Waals surface area contributed by atoms with Crippen LogP contribution in [0.4, 0.5) is 4.39 Å². The van der Waals surface area contributed by atoms with E-state index in [1.807, 2.05) is 0 Å². The van der Waals surface area contributed by atoms with Crippen molar-refractivity contribution in [2.24, 2.45) is 5.73 Å². The Labute approximate surface area is 108 Å². The molecule has 0 unspecified atom stereocenters. The van der Waals surface area contributed by atoms with Gasteiger partial charge < -0.3 is 10.5 Å². The van der Waals surface area contributed by atoms with Crippen molar-refractivity contribution in [3.63, 3.8) is 0 Å². The molecule has 1 aromatic carbocycles. The second-order valence-corrected chi connectivity index (χ2v) is 3.88. The zero-order valence-corrected chi connectivity index (χ0v) is 9.91. The molecule has 3 N–H and O–H groups in total. The van der Waals surface area contributed by atoms with Gasteiger partial charge in [-0.05, 0) is 24.3 Å². The number of nitrogens with two attached hydrogens (primary N) is 1. The van der Waals surface area contributed by atoms with Gasteiger partial charge >= 0.3 is 0 Å². The molecule has 0 aliphatic carbocycles. The smallest absolute Gasteiger partial charge is 0.219 e. The van der Waals surface area contributed by atoms with Gasteiger partial charge in [0.05, 0.1) is 5.02 Å². The normalized spacial score (nSPS) is 10.1. The predicted molar refractivity (Wildman–Crippen MR) is 66.7 cm³/mol. The van der Waals surface area contributed by atoms with Gasteiger partial charge in [0.1, 0.15) is 17.4 Å². The summed E-state index contributed by atoms with van der Waals surface area (Å²) in [6, 6.07) is 6.87. The number of aromatic nitrogens is 1. The van der Waals surface area contributed by atoms with Gasteiger partial charge in [-0.15, -0.1) is 0 Å². The molecule has 18 heavy (non-hydrogen) atoms. The largest absolute Gasteiger partial charge is 0.437 e. The molecule has 92 valence electrons. The number of nitrogen functional groups attached to an aromatic ring is 1. The summed E-state index contributed by atoms with van der Waals surface area (Å²) in [7, 11) is 0. The lowest BCUT2D eigenvalue weighted by molar-refractivity contribution is 0.461. The third kappa shape index (κ3) is 2.75. The molecule has 0 amide bonds. The quantitative estimate of drug-likeness (QED) is 0.662. The Morgan fingerprint density at radius 3 is 2.78 bits per heavy atom. The highest BCUT2D eigenvalue weighted by molar-refractivity contribution is 6.32. The third-order valence-electron chi connectivity index (χ3n) is 2.15. The molecule has 2 aromatic rings. The fourth-order valence-electron chi connectivity index (χ4n) is 1.30. The summed E-state index contributed by atoms with van der Waals surface area (Å²) in [5.74, 6) is -0.0206. The molecule has 0 saturated carbocycles. The monoisotopic (exact) mass is 265 g/mol. The van der Waals surface area contributed by atoms with Crippen molar-refractivity contribution >= 4 is 17.4 Å². The Balaban J connectivity index is 2.28. The number of benzene rings is 1. The van der Waals surface area contributed by atoms with Crippen molar-refractivity contribution in [2.45, 2.75) is 0 Å². The number of pyridine rings is 1. The maximum Gasteiger partial charge on any atom is 0.219 e. The van der Waals surface area contributed by atoms with E-state index >= 15 is 0 Å². The first-order valence-electron chi connectivity index (χ1n) is 4.99. The van der Waals surface area contributed by atoms with Gasteiger partial charge in [-0.25, -0.2) is 9.37 Å². The SMILES string of the molecule is N=C(N)c1ccnc(Oc2ccc(F)cc2Cl)c1. The zero-order chi connectivity index (χ0) is 13.1. The number of amidine groups is 1. The van der Waals surface area contributed by atoms with Crippen LogP contribution < -0.4 is 10.5 Å². The van der Waals surface area contributed by atoms with Crippen LogP contribution in [0.3, 0.4) is 0 Å². The minimum Gasteiger partial charge on any atom is -0.437 e. The second kappa shape index (κ2) is 5.01. The maximum atomic E-state index is 12.9. The summed E-state index contributed by atoms with van der Waals surface area (Å²) < 4.78 is 18.2. The molecule has 0 radical (unpaired) electrons. The molecule has 4 nitrogen and oxygen atoms in total. The minimum absolute atomic E-state index is 0.0903. The summed E-state index contributed by atoms with van der Waals surface area (Å²) in [5, 5.41) is 7.44. The van der Waals surface area contributed by atoms with Gasteiger partial charge in [0.15, 0.2) is 0 Å². The maximum absolute atomic E-state index is 12.9. The van der Waals surface area contributed by atoms with E-state index in [4.69, 9.17) is 27.5 Å². The van der Waals surface area contributed by atoms with Gasteiger partial charge in [0.25, 0.3) is 0 Å². The highest BCUT2D eigenvalue weighted by Gasteiger charge is 2.06. The molecule has 6 heteroatoms. The van der Waals surface area contributed by atoms with Crippen molar-refractivity contribution in [1.29, 1.82) is 5.41 Å². The molecule has 0 bridgehead atoms. The molecule has 0 aliphatic rings. The van der Waals surface area contributed by atoms with Crippen LogP contribution in [-0.2, 0) is 0 Å². The fourth-order valence-corrected chi connectivity index (χ4v) is 1.51. The van der Waals surface area contributed by atoms with E-state index in [0.717, 1.165) is 6.07 Å². The number of hydrogen-bond acceptors (Lipinski definition) is 3. The highest BCUT2D eigenvalue weighted by Crippen LogP contribution is 2.28. The molecular formula is C12H9ClFN3O. The number of halogens is 2. The number of nitrogens with zero attached hydrogens (tertiary/aromatic N) is 1. The zero-order valence-electron chi connectivity index (χ0n) is 9.15. The van der Waals surface area contributed by atoms with Crippen LogP contribution in [0.2, 0.25) is 5.02 Å². The topological polar surface area (TPSA) is 72.0 Å². The molecule has 0 saturated heterocycles. The summed E-state index contributed by atoms with van der Waals surface area (Å²) >= 11 is 5.82. The molecule has 0 spiro atoms. The first-order valence-corrected chi connectivity index (χ1v) is 5.37. The van der Waals surface area contributed by atoms with Crippen molar-refractivity contribution in [3.8, 4) is 11.6 Å².